The predicted octanol–water partition coefficient (Wildman–Crippen LogP) is 26.2. The first-order valence-electron chi connectivity index (χ1n) is 37.6. The minimum absolute atomic E-state index is 0.567. The van der Waals surface area contributed by atoms with Crippen molar-refractivity contribution in [1.29, 1.82) is 0 Å². The van der Waals surface area contributed by atoms with Crippen molar-refractivity contribution in [3.8, 4) is 102 Å². The van der Waals surface area contributed by atoms with Gasteiger partial charge in [-0.3, -0.25) is 9.13 Å². The summed E-state index contributed by atoms with van der Waals surface area (Å²) < 4.78 is 4.33. The molecule has 528 valence electrons. The Morgan fingerprint density at radius 2 is 0.420 bits per heavy atom. The van der Waals surface area contributed by atoms with E-state index in [4.69, 9.17) is 29.9 Å². The van der Waals surface area contributed by atoms with Crippen molar-refractivity contribution in [3.05, 3.63) is 425 Å². The normalized spacial score (nSPS) is 11.2. The van der Waals surface area contributed by atoms with Crippen molar-refractivity contribution < 1.29 is 0 Å². The number of aromatic nitrogens is 8. The summed E-state index contributed by atoms with van der Waals surface area (Å²) in [5.74, 6) is 3.55. The number of nitrogens with zero attached hydrogens (tertiary/aromatic N) is 10. The highest BCUT2D eigenvalue weighted by Crippen LogP contribution is 2.44. The Balaban J connectivity index is 0.000000151. The Morgan fingerprint density at radius 1 is 0.170 bits per heavy atom. The van der Waals surface area contributed by atoms with Gasteiger partial charge in [-0.1, -0.05) is 309 Å². The lowest BCUT2D eigenvalue weighted by atomic mass is 9.99. The molecule has 0 aliphatic carbocycles. The van der Waals surface area contributed by atoms with Crippen LogP contribution in [-0.2, 0) is 0 Å². The summed E-state index contributed by atoms with van der Waals surface area (Å²) in [5.41, 5.74) is 23.1. The van der Waals surface area contributed by atoms with Gasteiger partial charge in [-0.15, -0.1) is 0 Å². The highest BCUT2D eigenvalue weighted by atomic mass is 15.2. The SMILES string of the molecule is c1ccc(-c2cccc(-c3nc(-c4cccc(-c5cccc(N(c6ccccc6)c6ccccc6)c5)c4)nc(-n4c5ccccc5c5ccccc54)n3)c2)cc1.c1ccc(-c2cccc(-c3nc(-c4cccc(-c5ccccc5N(c5ccccc5)c5ccccc5)c4)nc(-n4c5ccccc5c5ccccc54)n3)c2)cc1. The number of hydrogen-bond acceptors (Lipinski definition) is 8. The van der Waals surface area contributed by atoms with Gasteiger partial charge in [-0.25, -0.2) is 9.97 Å². The lowest BCUT2D eigenvalue weighted by Gasteiger charge is -2.27. The zero-order valence-electron chi connectivity index (χ0n) is 60.9. The highest BCUT2D eigenvalue weighted by Gasteiger charge is 2.24. The maximum absolute atomic E-state index is 5.27. The minimum Gasteiger partial charge on any atom is -0.310 e. The lowest BCUT2D eigenvalue weighted by Crippen LogP contribution is -2.11. The Bertz CT molecular complexity index is 6580. The summed E-state index contributed by atoms with van der Waals surface area (Å²) in [6.07, 6.45) is 0. The van der Waals surface area contributed by atoms with Crippen molar-refractivity contribution in [2.75, 3.05) is 9.80 Å². The van der Waals surface area contributed by atoms with E-state index in [-0.39, 0.29) is 0 Å². The zero-order chi connectivity index (χ0) is 74.5. The van der Waals surface area contributed by atoms with Gasteiger partial charge in [0, 0.05) is 77.8 Å². The molecular weight excluding hydrogens is 1370 g/mol. The molecule has 20 rings (SSSR count). The summed E-state index contributed by atoms with van der Waals surface area (Å²) in [6.45, 7) is 0. The molecule has 0 N–H and O–H groups in total. The largest absolute Gasteiger partial charge is 0.310 e. The molecule has 0 fully saturated rings. The summed E-state index contributed by atoms with van der Waals surface area (Å²) >= 11 is 0. The van der Waals surface area contributed by atoms with Crippen LogP contribution in [0.4, 0.5) is 34.1 Å². The molecule has 0 aliphatic heterocycles. The van der Waals surface area contributed by atoms with Crippen LogP contribution in [0.5, 0.6) is 0 Å². The molecule has 0 bridgehead atoms. The van der Waals surface area contributed by atoms with E-state index in [1.54, 1.807) is 0 Å². The van der Waals surface area contributed by atoms with E-state index < -0.39 is 0 Å². The lowest BCUT2D eigenvalue weighted by molar-refractivity contribution is 0.953. The summed E-state index contributed by atoms with van der Waals surface area (Å²) in [7, 11) is 0. The Morgan fingerprint density at radius 3 is 0.795 bits per heavy atom. The van der Waals surface area contributed by atoms with Gasteiger partial charge in [0.2, 0.25) is 11.9 Å². The molecule has 112 heavy (non-hydrogen) atoms. The quantitative estimate of drug-likeness (QED) is 0.0944. The average Bonchev–Trinajstić information content (AvgIpc) is 1.59. The summed E-state index contributed by atoms with van der Waals surface area (Å²) in [4.78, 5) is 36.0. The predicted molar refractivity (Wildman–Crippen MR) is 461 cm³/mol. The second-order valence-electron chi connectivity index (χ2n) is 27.4. The van der Waals surface area contributed by atoms with Crippen LogP contribution in [0.3, 0.4) is 0 Å². The topological polar surface area (TPSA) is 93.7 Å². The second kappa shape index (κ2) is 30.2. The van der Waals surface area contributed by atoms with Crippen molar-refractivity contribution in [2.45, 2.75) is 0 Å². The van der Waals surface area contributed by atoms with E-state index in [1.165, 1.54) is 0 Å². The third kappa shape index (κ3) is 13.3. The average molecular weight is 1440 g/mol. The van der Waals surface area contributed by atoms with Gasteiger partial charge in [0.1, 0.15) is 0 Å². The number of hydrogen-bond donors (Lipinski definition) is 0. The van der Waals surface area contributed by atoms with Gasteiger partial charge in [0.15, 0.2) is 23.3 Å². The zero-order valence-corrected chi connectivity index (χ0v) is 60.9. The molecule has 20 aromatic rings. The van der Waals surface area contributed by atoms with Gasteiger partial charge in [0.25, 0.3) is 0 Å². The van der Waals surface area contributed by atoms with Gasteiger partial charge < -0.3 is 9.80 Å². The fourth-order valence-corrected chi connectivity index (χ4v) is 15.2. The van der Waals surface area contributed by atoms with Crippen LogP contribution in [0.1, 0.15) is 0 Å². The van der Waals surface area contributed by atoms with Gasteiger partial charge in [-0.05, 0) is 154 Å². The standard InChI is InChI=1S/2C51H35N5/c1-4-18-36(19-5-1)37-20-16-22-39(34-37)49-52-50(54-51(53-49)56-47-32-14-11-29-44(47)45-30-12-15-33-48(45)56)40-23-17-21-38(35-40)43-28-10-13-31-46(43)55(41-24-6-2-7-25-41)42-26-8-3-9-27-42;1-4-17-36(18-5-1)37-19-14-22-40(33-37)49-52-50(54-51(53-49)56-47-31-12-10-29-45(47)46-30-11-13-32-48(46)56)41-23-15-20-38(34-41)39-21-16-28-44(35-39)55(42-24-6-2-7-25-42)43-26-8-3-9-27-43/h2*1-35H. The van der Waals surface area contributed by atoms with Crippen LogP contribution in [-0.4, -0.2) is 39.0 Å². The van der Waals surface area contributed by atoms with Crippen LogP contribution in [0.25, 0.3) is 146 Å². The summed E-state index contributed by atoms with van der Waals surface area (Å²) in [6, 6.07) is 148. The van der Waals surface area contributed by atoms with E-state index in [0.29, 0.717) is 35.2 Å². The highest BCUT2D eigenvalue weighted by molar-refractivity contribution is 6.10. The molecule has 0 aliphatic rings. The molecule has 0 radical (unpaired) electrons. The van der Waals surface area contributed by atoms with Crippen LogP contribution < -0.4 is 9.80 Å². The van der Waals surface area contributed by atoms with E-state index in [1.807, 2.05) is 24.3 Å². The van der Waals surface area contributed by atoms with Crippen molar-refractivity contribution in [1.82, 2.24) is 39.0 Å². The molecule has 4 heterocycles. The molecule has 0 amide bonds. The monoisotopic (exact) mass is 1430 g/mol. The van der Waals surface area contributed by atoms with E-state index >= 15 is 0 Å². The molecule has 4 aromatic heterocycles. The van der Waals surface area contributed by atoms with Crippen molar-refractivity contribution >= 4 is 77.7 Å². The fourth-order valence-electron chi connectivity index (χ4n) is 15.2. The number of para-hydroxylation sites is 9. The molecule has 0 atom stereocenters. The summed E-state index contributed by atoms with van der Waals surface area (Å²) in [5, 5.41) is 4.61. The van der Waals surface area contributed by atoms with Crippen molar-refractivity contribution in [3.63, 3.8) is 0 Å². The number of anilines is 6. The Labute approximate surface area is 649 Å². The Hall–Kier alpha value is -15.3. The molecule has 0 spiro atoms. The third-order valence-corrected chi connectivity index (χ3v) is 20.5. The Kier molecular flexibility index (Phi) is 18.1. The maximum Gasteiger partial charge on any atom is 0.238 e. The van der Waals surface area contributed by atoms with Crippen LogP contribution >= 0.6 is 0 Å². The van der Waals surface area contributed by atoms with Crippen LogP contribution in [0, 0.1) is 0 Å². The third-order valence-electron chi connectivity index (χ3n) is 20.5. The minimum atomic E-state index is 0.567. The molecule has 0 unspecified atom stereocenters. The first-order chi connectivity index (χ1) is 55.5. The smallest absolute Gasteiger partial charge is 0.238 e. The molecule has 0 saturated carbocycles. The maximum atomic E-state index is 5.27. The van der Waals surface area contributed by atoms with Crippen LogP contribution in [0.15, 0.2) is 425 Å². The molecular formula is C102H70N10. The number of rotatable bonds is 16. The fraction of sp³-hybridized carbons (Fsp3) is 0. The van der Waals surface area contributed by atoms with Crippen LogP contribution in [0.2, 0.25) is 0 Å². The number of fused-ring (bicyclic) bond motifs is 6. The van der Waals surface area contributed by atoms with E-state index in [0.717, 1.165) is 144 Å². The second-order valence-corrected chi connectivity index (χ2v) is 27.4. The molecule has 10 heteroatoms. The molecule has 10 nitrogen and oxygen atoms in total. The number of benzene rings is 16. The first kappa shape index (κ1) is 67.4. The van der Waals surface area contributed by atoms with Crippen molar-refractivity contribution in [2.24, 2.45) is 0 Å². The van der Waals surface area contributed by atoms with E-state index in [2.05, 4.69) is 419 Å². The molecule has 0 saturated heterocycles. The molecule has 16 aromatic carbocycles. The van der Waals surface area contributed by atoms with Gasteiger partial charge >= 0.3 is 0 Å². The first-order valence-corrected chi connectivity index (χ1v) is 37.6. The van der Waals surface area contributed by atoms with Gasteiger partial charge in [-0.2, -0.15) is 19.9 Å². The van der Waals surface area contributed by atoms with Gasteiger partial charge in [0.05, 0.1) is 27.8 Å². The van der Waals surface area contributed by atoms with E-state index in [9.17, 15) is 0 Å².